The fraction of sp³-hybridized carbons (Fsp3) is 1.00. The summed E-state index contributed by atoms with van der Waals surface area (Å²) in [5, 5.41) is 0. The Bertz CT molecular complexity index is 11.6. The molecule has 0 heterocycles. The number of halogens is 2. The molecule has 0 unspecified atom stereocenters. The van der Waals surface area contributed by atoms with Crippen LogP contribution in [0.1, 0.15) is 0 Å². The second-order valence-electron chi connectivity index (χ2n) is 0. The van der Waals surface area contributed by atoms with Gasteiger partial charge in [0.1, 0.15) is 0 Å². The van der Waals surface area contributed by atoms with E-state index < -0.39 is 0 Å². The number of hydrogen-bond acceptors (Lipinski definition) is 0. The van der Waals surface area contributed by atoms with Crippen LogP contribution in [0.3, 0.4) is 0 Å². The molecular formula is CH6BrINSn. The SMILES string of the molecule is C[NH3+].[Br-].[I-].[Sn+]. The summed E-state index contributed by atoms with van der Waals surface area (Å²) in [6.07, 6.45) is 0. The summed E-state index contributed by atoms with van der Waals surface area (Å²) in [4.78, 5) is 0. The maximum Gasteiger partial charge on any atom is 1.00 e. The Labute approximate surface area is 76.8 Å². The van der Waals surface area contributed by atoms with E-state index in [-0.39, 0.29) is 64.9 Å². The molecule has 3 N–H and O–H groups in total. The van der Waals surface area contributed by atoms with Crippen molar-refractivity contribution in [1.29, 1.82) is 0 Å². The summed E-state index contributed by atoms with van der Waals surface area (Å²) in [5.41, 5.74) is 3.25. The van der Waals surface area contributed by atoms with Gasteiger partial charge in [0.15, 0.2) is 0 Å². The molecule has 0 atom stereocenters. The average molecular weight is 358 g/mol. The Morgan fingerprint density at radius 1 is 1.20 bits per heavy atom. The van der Waals surface area contributed by atoms with Crippen molar-refractivity contribution in [2.24, 2.45) is 0 Å². The zero-order valence-corrected chi connectivity index (χ0v) is 9.56. The topological polar surface area (TPSA) is 27.6 Å². The minimum absolute atomic E-state index is 0. The van der Waals surface area contributed by atoms with Crippen LogP contribution in [-0.4, -0.2) is 31.0 Å². The van der Waals surface area contributed by atoms with Crippen molar-refractivity contribution in [2.45, 2.75) is 0 Å². The molecule has 0 aromatic carbocycles. The van der Waals surface area contributed by atoms with Crippen molar-refractivity contribution in [1.82, 2.24) is 0 Å². The Balaban J connectivity index is -0.00000000167. The van der Waals surface area contributed by atoms with Crippen molar-refractivity contribution in [3.05, 3.63) is 0 Å². The van der Waals surface area contributed by atoms with Gasteiger partial charge in [-0.1, -0.05) is 0 Å². The van der Waals surface area contributed by atoms with E-state index in [2.05, 4.69) is 5.73 Å². The van der Waals surface area contributed by atoms with Gasteiger partial charge in [-0.15, -0.1) is 0 Å². The van der Waals surface area contributed by atoms with Crippen LogP contribution in [0.15, 0.2) is 0 Å². The predicted octanol–water partition coefficient (Wildman–Crippen LogP) is -7.51. The van der Waals surface area contributed by atoms with E-state index >= 15 is 0 Å². The molecule has 0 aromatic rings. The van der Waals surface area contributed by atoms with Crippen molar-refractivity contribution in [3.8, 4) is 0 Å². The van der Waals surface area contributed by atoms with Gasteiger partial charge in [-0.3, -0.25) is 0 Å². The van der Waals surface area contributed by atoms with E-state index in [1.807, 2.05) is 0 Å². The van der Waals surface area contributed by atoms with E-state index in [1.165, 1.54) is 0 Å². The van der Waals surface area contributed by atoms with Crippen LogP contribution in [0.25, 0.3) is 0 Å². The summed E-state index contributed by atoms with van der Waals surface area (Å²) in [7, 11) is 1.75. The van der Waals surface area contributed by atoms with Gasteiger partial charge in [0, 0.05) is 0 Å². The largest absolute Gasteiger partial charge is 1.00 e. The Morgan fingerprint density at radius 3 is 1.20 bits per heavy atom. The smallest absolute Gasteiger partial charge is 1.00 e. The Morgan fingerprint density at radius 2 is 1.20 bits per heavy atom. The van der Waals surface area contributed by atoms with Crippen LogP contribution in [0.5, 0.6) is 0 Å². The maximum absolute atomic E-state index is 3.25. The fourth-order valence-electron chi connectivity index (χ4n) is 0. The molecule has 0 saturated carbocycles. The molecule has 0 saturated heterocycles. The van der Waals surface area contributed by atoms with Gasteiger partial charge in [-0.25, -0.2) is 0 Å². The Hall–Kier alpha value is 1.97. The van der Waals surface area contributed by atoms with Gasteiger partial charge in [-0.05, 0) is 0 Å². The summed E-state index contributed by atoms with van der Waals surface area (Å²) in [6, 6.07) is 0. The number of quaternary nitrogens is 1. The molecule has 0 amide bonds. The molecule has 0 aliphatic heterocycles. The van der Waals surface area contributed by atoms with Gasteiger partial charge in [0.05, 0.1) is 7.05 Å². The Kier molecular flexibility index (Phi) is 214. The maximum atomic E-state index is 3.25. The predicted molar refractivity (Wildman–Crippen MR) is 14.6 cm³/mol. The van der Waals surface area contributed by atoms with Gasteiger partial charge in [-0.2, -0.15) is 0 Å². The average Bonchev–Trinajstić information content (AvgIpc) is 1.00. The molecule has 33 valence electrons. The number of hydrogen-bond donors (Lipinski definition) is 1. The van der Waals surface area contributed by atoms with Crippen LogP contribution in [-0.2, 0) is 0 Å². The van der Waals surface area contributed by atoms with Crippen LogP contribution < -0.4 is 46.7 Å². The quantitative estimate of drug-likeness (QED) is 0.330. The molecule has 0 spiro atoms. The third-order valence-corrected chi connectivity index (χ3v) is 0. The summed E-state index contributed by atoms with van der Waals surface area (Å²) in [5.74, 6) is 0. The van der Waals surface area contributed by atoms with Crippen molar-refractivity contribution in [3.63, 3.8) is 0 Å². The first-order valence-corrected chi connectivity index (χ1v) is 0.707. The summed E-state index contributed by atoms with van der Waals surface area (Å²) >= 11 is 0. The van der Waals surface area contributed by atoms with E-state index in [1.54, 1.807) is 7.05 Å². The molecule has 0 aromatic heterocycles. The van der Waals surface area contributed by atoms with E-state index in [9.17, 15) is 0 Å². The third-order valence-electron chi connectivity index (χ3n) is 0. The molecule has 0 aliphatic rings. The van der Waals surface area contributed by atoms with Crippen molar-refractivity contribution >= 4 is 23.9 Å². The minimum Gasteiger partial charge on any atom is -1.00 e. The molecule has 3 radical (unpaired) electrons. The van der Waals surface area contributed by atoms with Gasteiger partial charge >= 0.3 is 23.9 Å². The standard InChI is InChI=1S/CH5N.BrH.HI.Sn/c1-2;;;/h2H2,1H3;2*1H;/q;;;+1/p-1. The second kappa shape index (κ2) is 38.0. The van der Waals surface area contributed by atoms with Crippen LogP contribution >= 0.6 is 0 Å². The van der Waals surface area contributed by atoms with Crippen LogP contribution in [0.2, 0.25) is 0 Å². The molecule has 1 nitrogen and oxygen atoms in total. The molecule has 0 bridgehead atoms. The molecule has 0 aliphatic carbocycles. The zero-order valence-electron chi connectivity index (χ0n) is 2.96. The molecule has 0 fully saturated rings. The minimum atomic E-state index is 0. The normalized spacial score (nSPS) is 1.20. The third kappa shape index (κ3) is 24.3. The molecule has 5 heavy (non-hydrogen) atoms. The van der Waals surface area contributed by atoms with E-state index in [0.29, 0.717) is 0 Å². The van der Waals surface area contributed by atoms with Crippen LogP contribution in [0, 0.1) is 0 Å². The summed E-state index contributed by atoms with van der Waals surface area (Å²) < 4.78 is 0. The van der Waals surface area contributed by atoms with Crippen molar-refractivity contribution < 1.29 is 46.7 Å². The second-order valence-corrected chi connectivity index (χ2v) is 0. The number of rotatable bonds is 0. The summed E-state index contributed by atoms with van der Waals surface area (Å²) in [6.45, 7) is 0. The van der Waals surface area contributed by atoms with Gasteiger partial charge < -0.3 is 46.7 Å². The fourth-order valence-corrected chi connectivity index (χ4v) is 0. The van der Waals surface area contributed by atoms with Crippen molar-refractivity contribution in [2.75, 3.05) is 7.05 Å². The van der Waals surface area contributed by atoms with Gasteiger partial charge in [0.25, 0.3) is 0 Å². The monoisotopic (exact) mass is 358 g/mol. The molecule has 0 rings (SSSR count). The van der Waals surface area contributed by atoms with Gasteiger partial charge in [0.2, 0.25) is 0 Å². The first-order chi connectivity index (χ1) is 1.00. The first-order valence-electron chi connectivity index (χ1n) is 0.707. The van der Waals surface area contributed by atoms with E-state index in [4.69, 9.17) is 0 Å². The molecular weight excluding hydrogens is 352 g/mol. The molecule has 4 heteroatoms. The zero-order chi connectivity index (χ0) is 2.00. The first kappa shape index (κ1) is 28.2. The van der Waals surface area contributed by atoms with Crippen LogP contribution in [0.4, 0.5) is 0 Å². The van der Waals surface area contributed by atoms with E-state index in [0.717, 1.165) is 0 Å².